The number of nitrogens with one attached hydrogen (secondary N) is 1. The summed E-state index contributed by atoms with van der Waals surface area (Å²) in [4.78, 5) is 0. The lowest BCUT2D eigenvalue weighted by atomic mass is 10.2. The molecule has 3 heteroatoms. The minimum absolute atomic E-state index is 0.188. The first kappa shape index (κ1) is 9.71. The molecule has 3 nitrogen and oxygen atoms in total. The van der Waals surface area contributed by atoms with Gasteiger partial charge in [-0.05, 0) is 26.0 Å². The van der Waals surface area contributed by atoms with E-state index < -0.39 is 0 Å². The van der Waals surface area contributed by atoms with Crippen molar-refractivity contribution in [3.63, 3.8) is 0 Å². The van der Waals surface area contributed by atoms with Gasteiger partial charge in [0, 0.05) is 13.1 Å². The molecule has 0 saturated heterocycles. The second-order valence-corrected chi connectivity index (χ2v) is 3.17. The summed E-state index contributed by atoms with van der Waals surface area (Å²) in [5.74, 6) is 0.841. The summed E-state index contributed by atoms with van der Waals surface area (Å²) in [6.45, 7) is 3.99. The molecular weight excluding hydrogens is 164 g/mol. The molecule has 0 amide bonds. The van der Waals surface area contributed by atoms with Gasteiger partial charge in [0.15, 0.2) is 0 Å². The molecule has 1 aromatic carbocycles. The zero-order valence-electron chi connectivity index (χ0n) is 8.29. The number of ether oxygens (including phenoxy) is 1. The van der Waals surface area contributed by atoms with Gasteiger partial charge in [-0.1, -0.05) is 0 Å². The van der Waals surface area contributed by atoms with Gasteiger partial charge in [0.1, 0.15) is 5.75 Å². The number of rotatable bonds is 3. The van der Waals surface area contributed by atoms with E-state index in [1.54, 1.807) is 0 Å². The van der Waals surface area contributed by atoms with Crippen LogP contribution < -0.4 is 15.8 Å². The monoisotopic (exact) mass is 180 g/mol. The van der Waals surface area contributed by atoms with E-state index >= 15 is 0 Å². The Morgan fingerprint density at radius 3 is 2.62 bits per heavy atom. The van der Waals surface area contributed by atoms with E-state index in [4.69, 9.17) is 10.5 Å². The van der Waals surface area contributed by atoms with Gasteiger partial charge in [0.05, 0.1) is 17.5 Å². The second-order valence-electron chi connectivity index (χ2n) is 3.17. The number of hydrogen-bond acceptors (Lipinski definition) is 3. The second kappa shape index (κ2) is 4.03. The highest BCUT2D eigenvalue weighted by atomic mass is 16.5. The van der Waals surface area contributed by atoms with Crippen LogP contribution in [0.4, 0.5) is 11.4 Å². The third-order valence-corrected chi connectivity index (χ3v) is 1.67. The number of nitrogens with two attached hydrogens (primary N) is 1. The quantitative estimate of drug-likeness (QED) is 0.700. The molecular formula is C10H16N2O. The Morgan fingerprint density at radius 1 is 1.38 bits per heavy atom. The Balaban J connectivity index is 2.86. The van der Waals surface area contributed by atoms with Crippen LogP contribution in [-0.2, 0) is 0 Å². The summed E-state index contributed by atoms with van der Waals surface area (Å²) < 4.78 is 5.52. The third kappa shape index (κ3) is 2.54. The summed E-state index contributed by atoms with van der Waals surface area (Å²) in [6.07, 6.45) is 0.188. The predicted molar refractivity (Wildman–Crippen MR) is 56.2 cm³/mol. The summed E-state index contributed by atoms with van der Waals surface area (Å²) in [6, 6.07) is 5.61. The highest BCUT2D eigenvalue weighted by Gasteiger charge is 2.01. The molecule has 13 heavy (non-hydrogen) atoms. The normalized spacial score (nSPS) is 10.2. The van der Waals surface area contributed by atoms with Crippen molar-refractivity contribution < 1.29 is 4.74 Å². The SMILES string of the molecule is CNc1cc(OC(C)C)ccc1N. The Hall–Kier alpha value is -1.38. The van der Waals surface area contributed by atoms with E-state index in [1.807, 2.05) is 39.1 Å². The van der Waals surface area contributed by atoms with Crippen molar-refractivity contribution in [1.82, 2.24) is 0 Å². The molecule has 0 atom stereocenters. The minimum Gasteiger partial charge on any atom is -0.491 e. The molecule has 1 rings (SSSR count). The molecule has 1 aromatic rings. The van der Waals surface area contributed by atoms with Crippen molar-refractivity contribution in [1.29, 1.82) is 0 Å². The van der Waals surface area contributed by atoms with Crippen molar-refractivity contribution in [2.75, 3.05) is 18.1 Å². The molecule has 0 heterocycles. The fourth-order valence-corrected chi connectivity index (χ4v) is 1.10. The maximum atomic E-state index is 5.71. The van der Waals surface area contributed by atoms with Gasteiger partial charge in [0.2, 0.25) is 0 Å². The number of hydrogen-bond donors (Lipinski definition) is 2. The smallest absolute Gasteiger partial charge is 0.121 e. The average molecular weight is 180 g/mol. The van der Waals surface area contributed by atoms with Gasteiger partial charge < -0.3 is 15.8 Å². The van der Waals surface area contributed by atoms with Crippen LogP contribution in [0, 0.1) is 0 Å². The number of benzene rings is 1. The van der Waals surface area contributed by atoms with Crippen molar-refractivity contribution in [3.8, 4) is 5.75 Å². The molecule has 0 aliphatic rings. The molecule has 0 aliphatic carbocycles. The standard InChI is InChI=1S/C10H16N2O/c1-7(2)13-8-4-5-9(11)10(6-8)12-3/h4-7,12H,11H2,1-3H3. The molecule has 0 saturated carbocycles. The van der Waals surface area contributed by atoms with E-state index in [-0.39, 0.29) is 6.10 Å². The van der Waals surface area contributed by atoms with E-state index in [1.165, 1.54) is 0 Å². The van der Waals surface area contributed by atoms with Gasteiger partial charge in [-0.15, -0.1) is 0 Å². The van der Waals surface area contributed by atoms with Crippen LogP contribution >= 0.6 is 0 Å². The Bertz CT molecular complexity index is 284. The number of nitrogen functional groups attached to an aromatic ring is 1. The Kier molecular flexibility index (Phi) is 3.01. The molecule has 0 fully saturated rings. The topological polar surface area (TPSA) is 47.3 Å². The maximum Gasteiger partial charge on any atom is 0.121 e. The van der Waals surface area contributed by atoms with Crippen LogP contribution in [0.2, 0.25) is 0 Å². The summed E-state index contributed by atoms with van der Waals surface area (Å²) in [5, 5.41) is 3.00. The van der Waals surface area contributed by atoms with E-state index in [2.05, 4.69) is 5.32 Å². The van der Waals surface area contributed by atoms with Crippen LogP contribution in [0.25, 0.3) is 0 Å². The van der Waals surface area contributed by atoms with E-state index in [0.717, 1.165) is 17.1 Å². The zero-order chi connectivity index (χ0) is 9.84. The number of anilines is 2. The van der Waals surface area contributed by atoms with Crippen molar-refractivity contribution in [2.24, 2.45) is 0 Å². The van der Waals surface area contributed by atoms with Crippen LogP contribution in [-0.4, -0.2) is 13.2 Å². The Morgan fingerprint density at radius 2 is 2.08 bits per heavy atom. The fraction of sp³-hybridized carbons (Fsp3) is 0.400. The zero-order valence-corrected chi connectivity index (χ0v) is 8.29. The fourth-order valence-electron chi connectivity index (χ4n) is 1.10. The van der Waals surface area contributed by atoms with Gasteiger partial charge in [0.25, 0.3) is 0 Å². The molecule has 0 radical (unpaired) electrons. The Labute approximate surface area is 78.9 Å². The third-order valence-electron chi connectivity index (χ3n) is 1.67. The van der Waals surface area contributed by atoms with Crippen molar-refractivity contribution >= 4 is 11.4 Å². The summed E-state index contributed by atoms with van der Waals surface area (Å²) >= 11 is 0. The molecule has 0 bridgehead atoms. The van der Waals surface area contributed by atoms with Crippen LogP contribution in [0.3, 0.4) is 0 Å². The average Bonchev–Trinajstić information content (AvgIpc) is 2.07. The first-order valence-electron chi connectivity index (χ1n) is 4.37. The largest absolute Gasteiger partial charge is 0.491 e. The lowest BCUT2D eigenvalue weighted by Gasteiger charge is -2.12. The molecule has 3 N–H and O–H groups in total. The lowest BCUT2D eigenvalue weighted by Crippen LogP contribution is -2.06. The molecule has 72 valence electrons. The molecule has 0 aromatic heterocycles. The minimum atomic E-state index is 0.188. The van der Waals surface area contributed by atoms with Crippen molar-refractivity contribution in [2.45, 2.75) is 20.0 Å². The molecule has 0 unspecified atom stereocenters. The van der Waals surface area contributed by atoms with Gasteiger partial charge in [-0.2, -0.15) is 0 Å². The lowest BCUT2D eigenvalue weighted by molar-refractivity contribution is 0.242. The maximum absolute atomic E-state index is 5.71. The highest BCUT2D eigenvalue weighted by molar-refractivity contribution is 5.67. The van der Waals surface area contributed by atoms with Gasteiger partial charge in [-0.25, -0.2) is 0 Å². The van der Waals surface area contributed by atoms with E-state index in [0.29, 0.717) is 0 Å². The highest BCUT2D eigenvalue weighted by Crippen LogP contribution is 2.24. The van der Waals surface area contributed by atoms with Crippen LogP contribution in [0.1, 0.15) is 13.8 Å². The van der Waals surface area contributed by atoms with Crippen LogP contribution in [0.15, 0.2) is 18.2 Å². The summed E-state index contributed by atoms with van der Waals surface area (Å²) in [7, 11) is 1.84. The summed E-state index contributed by atoms with van der Waals surface area (Å²) in [5.41, 5.74) is 7.35. The molecule has 0 aliphatic heterocycles. The van der Waals surface area contributed by atoms with E-state index in [9.17, 15) is 0 Å². The predicted octanol–water partition coefficient (Wildman–Crippen LogP) is 2.10. The van der Waals surface area contributed by atoms with Crippen molar-refractivity contribution in [3.05, 3.63) is 18.2 Å². The molecule has 0 spiro atoms. The van der Waals surface area contributed by atoms with Crippen LogP contribution in [0.5, 0.6) is 5.75 Å². The van der Waals surface area contributed by atoms with Gasteiger partial charge in [-0.3, -0.25) is 0 Å². The first-order valence-corrected chi connectivity index (χ1v) is 4.37. The van der Waals surface area contributed by atoms with Gasteiger partial charge >= 0.3 is 0 Å². The first-order chi connectivity index (χ1) is 6.13.